The molecule has 1 aromatic rings. The second kappa shape index (κ2) is 6.12. The second-order valence-electron chi connectivity index (χ2n) is 5.69. The van der Waals surface area contributed by atoms with E-state index in [0.29, 0.717) is 6.04 Å². The quantitative estimate of drug-likeness (QED) is 0.808. The summed E-state index contributed by atoms with van der Waals surface area (Å²) in [5.74, 6) is 2.71. The number of hydrogen-bond acceptors (Lipinski definition) is 2. The van der Waals surface area contributed by atoms with Crippen LogP contribution >= 0.6 is 0 Å². The van der Waals surface area contributed by atoms with Gasteiger partial charge in [0.2, 0.25) is 0 Å². The Morgan fingerprint density at radius 2 is 1.89 bits per heavy atom. The van der Waals surface area contributed by atoms with Gasteiger partial charge in [0.1, 0.15) is 5.75 Å². The van der Waals surface area contributed by atoms with Crippen molar-refractivity contribution in [3.05, 3.63) is 24.3 Å². The molecule has 0 atom stereocenters. The first kappa shape index (κ1) is 13.3. The van der Waals surface area contributed by atoms with E-state index in [1.54, 1.807) is 0 Å². The van der Waals surface area contributed by atoms with Crippen molar-refractivity contribution in [2.45, 2.75) is 46.1 Å². The molecule has 0 aliphatic heterocycles. The van der Waals surface area contributed by atoms with Crippen LogP contribution in [0, 0.1) is 11.8 Å². The van der Waals surface area contributed by atoms with Gasteiger partial charge in [0.05, 0.1) is 6.61 Å². The minimum Gasteiger partial charge on any atom is -0.494 e. The van der Waals surface area contributed by atoms with Crippen LogP contribution in [0.2, 0.25) is 0 Å². The molecule has 2 heteroatoms. The van der Waals surface area contributed by atoms with E-state index in [4.69, 9.17) is 4.74 Å². The fourth-order valence-corrected chi connectivity index (χ4v) is 2.43. The van der Waals surface area contributed by atoms with E-state index >= 15 is 0 Å². The number of ether oxygens (including phenoxy) is 1. The fraction of sp³-hybridized carbons (Fsp3) is 0.625. The molecule has 18 heavy (non-hydrogen) atoms. The molecule has 0 saturated heterocycles. The van der Waals surface area contributed by atoms with Crippen molar-refractivity contribution >= 4 is 5.69 Å². The fourth-order valence-electron chi connectivity index (χ4n) is 2.43. The Morgan fingerprint density at radius 1 is 1.22 bits per heavy atom. The van der Waals surface area contributed by atoms with Gasteiger partial charge >= 0.3 is 0 Å². The van der Waals surface area contributed by atoms with Gasteiger partial charge in [0.25, 0.3) is 0 Å². The molecule has 0 spiro atoms. The molecule has 0 unspecified atom stereocenters. The molecule has 1 saturated carbocycles. The predicted molar refractivity (Wildman–Crippen MR) is 77.2 cm³/mol. The van der Waals surface area contributed by atoms with Gasteiger partial charge < -0.3 is 10.1 Å². The normalized spacial score (nSPS) is 22.7. The molecule has 0 aromatic heterocycles. The van der Waals surface area contributed by atoms with Gasteiger partial charge in [-0.2, -0.15) is 0 Å². The molecule has 1 aliphatic rings. The zero-order valence-corrected chi connectivity index (χ0v) is 11.8. The highest BCUT2D eigenvalue weighted by Crippen LogP contribution is 2.35. The zero-order valence-electron chi connectivity index (χ0n) is 11.8. The summed E-state index contributed by atoms with van der Waals surface area (Å²) in [6, 6.07) is 9.01. The summed E-state index contributed by atoms with van der Waals surface area (Å²) < 4.78 is 5.58. The van der Waals surface area contributed by atoms with Gasteiger partial charge in [0.15, 0.2) is 0 Å². The second-order valence-corrected chi connectivity index (χ2v) is 5.69. The summed E-state index contributed by atoms with van der Waals surface area (Å²) >= 11 is 0. The largest absolute Gasteiger partial charge is 0.494 e. The lowest BCUT2D eigenvalue weighted by atomic mass is 9.73. The molecule has 0 amide bonds. The summed E-state index contributed by atoms with van der Waals surface area (Å²) in [6.07, 6.45) is 3.68. The third-order valence-electron chi connectivity index (χ3n) is 3.82. The summed E-state index contributed by atoms with van der Waals surface area (Å²) in [5, 5.41) is 3.59. The Bertz CT molecular complexity index is 352. The Morgan fingerprint density at radius 3 is 2.44 bits per heavy atom. The average molecular weight is 247 g/mol. The Hall–Kier alpha value is -1.18. The van der Waals surface area contributed by atoms with E-state index in [0.717, 1.165) is 30.6 Å². The van der Waals surface area contributed by atoms with Crippen molar-refractivity contribution in [3.63, 3.8) is 0 Å². The highest BCUT2D eigenvalue weighted by molar-refractivity contribution is 5.47. The van der Waals surface area contributed by atoms with Crippen molar-refractivity contribution in [1.82, 2.24) is 0 Å². The van der Waals surface area contributed by atoms with E-state index in [1.807, 2.05) is 0 Å². The van der Waals surface area contributed by atoms with Crippen molar-refractivity contribution in [2.24, 2.45) is 11.8 Å². The lowest BCUT2D eigenvalue weighted by Gasteiger charge is -2.39. The minimum atomic E-state index is 0.666. The smallest absolute Gasteiger partial charge is 0.119 e. The zero-order chi connectivity index (χ0) is 13.0. The van der Waals surface area contributed by atoms with Crippen LogP contribution in [0.3, 0.4) is 0 Å². The number of rotatable bonds is 6. The third kappa shape index (κ3) is 3.41. The molecular weight excluding hydrogens is 222 g/mol. The molecule has 0 heterocycles. The van der Waals surface area contributed by atoms with Crippen molar-refractivity contribution in [1.29, 1.82) is 0 Å². The standard InChI is InChI=1S/C16H25NO/c1-4-9-18-16-7-5-14(6-8-16)17-15-10-13(11-15)12(2)3/h5-8,12-13,15,17H,4,9-11H2,1-3H3. The molecule has 0 bridgehead atoms. The van der Waals surface area contributed by atoms with E-state index < -0.39 is 0 Å². The lowest BCUT2D eigenvalue weighted by Crippen LogP contribution is -2.37. The Balaban J connectivity index is 1.77. The molecule has 1 aliphatic carbocycles. The van der Waals surface area contributed by atoms with E-state index in [2.05, 4.69) is 50.4 Å². The first-order valence-corrected chi connectivity index (χ1v) is 7.18. The topological polar surface area (TPSA) is 21.3 Å². The van der Waals surface area contributed by atoms with Crippen LogP contribution in [-0.2, 0) is 0 Å². The van der Waals surface area contributed by atoms with Crippen LogP contribution in [0.5, 0.6) is 5.75 Å². The minimum absolute atomic E-state index is 0.666. The van der Waals surface area contributed by atoms with Crippen molar-refractivity contribution in [2.75, 3.05) is 11.9 Å². The maximum absolute atomic E-state index is 5.58. The highest BCUT2D eigenvalue weighted by atomic mass is 16.5. The monoisotopic (exact) mass is 247 g/mol. The first-order valence-electron chi connectivity index (χ1n) is 7.18. The van der Waals surface area contributed by atoms with Gasteiger partial charge in [-0.3, -0.25) is 0 Å². The molecule has 2 nitrogen and oxygen atoms in total. The number of anilines is 1. The van der Waals surface area contributed by atoms with Crippen molar-refractivity contribution < 1.29 is 4.74 Å². The number of hydrogen-bond donors (Lipinski definition) is 1. The summed E-state index contributed by atoms with van der Waals surface area (Å²) in [4.78, 5) is 0. The molecule has 1 aromatic carbocycles. The van der Waals surface area contributed by atoms with Gasteiger partial charge in [-0.1, -0.05) is 20.8 Å². The summed E-state index contributed by atoms with van der Waals surface area (Å²) in [6.45, 7) is 7.56. The van der Waals surface area contributed by atoms with Crippen LogP contribution in [0.15, 0.2) is 24.3 Å². The van der Waals surface area contributed by atoms with Crippen LogP contribution in [0.4, 0.5) is 5.69 Å². The van der Waals surface area contributed by atoms with Crippen LogP contribution in [0.25, 0.3) is 0 Å². The molecular formula is C16H25NO. The molecule has 100 valence electrons. The molecule has 2 rings (SSSR count). The van der Waals surface area contributed by atoms with Crippen LogP contribution in [0.1, 0.15) is 40.0 Å². The van der Waals surface area contributed by atoms with Gasteiger partial charge in [-0.15, -0.1) is 0 Å². The Labute approximate surface area is 111 Å². The van der Waals surface area contributed by atoms with Crippen molar-refractivity contribution in [3.8, 4) is 5.75 Å². The summed E-state index contributed by atoms with van der Waals surface area (Å²) in [7, 11) is 0. The van der Waals surface area contributed by atoms with Gasteiger partial charge in [-0.25, -0.2) is 0 Å². The molecule has 1 N–H and O–H groups in total. The highest BCUT2D eigenvalue weighted by Gasteiger charge is 2.30. The third-order valence-corrected chi connectivity index (χ3v) is 3.82. The number of benzene rings is 1. The summed E-state index contributed by atoms with van der Waals surface area (Å²) in [5.41, 5.74) is 1.21. The van der Waals surface area contributed by atoms with Crippen LogP contribution in [-0.4, -0.2) is 12.6 Å². The van der Waals surface area contributed by atoms with E-state index in [-0.39, 0.29) is 0 Å². The van der Waals surface area contributed by atoms with E-state index in [9.17, 15) is 0 Å². The molecule has 0 radical (unpaired) electrons. The van der Waals surface area contributed by atoms with Gasteiger partial charge in [0, 0.05) is 11.7 Å². The lowest BCUT2D eigenvalue weighted by molar-refractivity contribution is 0.212. The van der Waals surface area contributed by atoms with Crippen LogP contribution < -0.4 is 10.1 Å². The SMILES string of the molecule is CCCOc1ccc(NC2CC(C(C)C)C2)cc1. The average Bonchev–Trinajstić information content (AvgIpc) is 2.31. The Kier molecular flexibility index (Phi) is 4.51. The number of nitrogens with one attached hydrogen (secondary N) is 1. The maximum Gasteiger partial charge on any atom is 0.119 e. The van der Waals surface area contributed by atoms with E-state index in [1.165, 1.54) is 18.5 Å². The predicted octanol–water partition coefficient (Wildman–Crippen LogP) is 4.32. The first-order chi connectivity index (χ1) is 8.69. The maximum atomic E-state index is 5.58. The van der Waals surface area contributed by atoms with Gasteiger partial charge in [-0.05, 0) is 55.4 Å². The molecule has 1 fully saturated rings.